The number of nitrogens with one attached hydrogen (secondary N) is 1. The Hall–Kier alpha value is -1.10. The van der Waals surface area contributed by atoms with Gasteiger partial charge in [0.25, 0.3) is 0 Å². The highest BCUT2D eigenvalue weighted by Crippen LogP contribution is 2.35. The molecule has 0 radical (unpaired) electrons. The summed E-state index contributed by atoms with van der Waals surface area (Å²) in [6.45, 7) is 10.0. The molecule has 116 valence electrons. The first-order valence-corrected chi connectivity index (χ1v) is 7.48. The molecule has 1 fully saturated rings. The Morgan fingerprint density at radius 3 is 2.15 bits per heavy atom. The quantitative estimate of drug-likeness (QED) is 0.808. The standard InChI is InChI=1S/C15H28N2O3/c1-7-14(5)13(19)17(11(4)10-20-6)15(8-2,9-3)12(18)16-14/h11H,7-10H2,1-6H3,(H,16,18). The molecule has 1 saturated heterocycles. The van der Waals surface area contributed by atoms with E-state index in [0.717, 1.165) is 0 Å². The second-order valence-electron chi connectivity index (χ2n) is 5.86. The van der Waals surface area contributed by atoms with Crippen LogP contribution >= 0.6 is 0 Å². The van der Waals surface area contributed by atoms with Crippen LogP contribution in [0.3, 0.4) is 0 Å². The number of carbonyl (C=O) groups is 2. The van der Waals surface area contributed by atoms with Gasteiger partial charge in [-0.2, -0.15) is 0 Å². The zero-order chi connectivity index (χ0) is 15.6. The zero-order valence-electron chi connectivity index (χ0n) is 13.6. The average molecular weight is 284 g/mol. The van der Waals surface area contributed by atoms with Crippen molar-refractivity contribution in [1.82, 2.24) is 10.2 Å². The van der Waals surface area contributed by atoms with E-state index in [1.165, 1.54) is 0 Å². The molecular weight excluding hydrogens is 256 g/mol. The number of piperazine rings is 1. The maximum Gasteiger partial charge on any atom is 0.249 e. The number of amides is 2. The fourth-order valence-electron chi connectivity index (χ4n) is 3.08. The summed E-state index contributed by atoms with van der Waals surface area (Å²) in [5.74, 6) is -0.0535. The Bertz CT molecular complexity index is 379. The number of rotatable bonds is 6. The van der Waals surface area contributed by atoms with E-state index in [1.807, 2.05) is 27.7 Å². The molecule has 0 saturated carbocycles. The van der Waals surface area contributed by atoms with Crippen molar-refractivity contribution in [1.29, 1.82) is 0 Å². The third kappa shape index (κ3) is 2.43. The molecule has 0 aliphatic carbocycles. The lowest BCUT2D eigenvalue weighted by molar-refractivity contribution is -0.168. The first kappa shape index (κ1) is 17.0. The molecular formula is C15H28N2O3. The molecule has 0 aromatic rings. The van der Waals surface area contributed by atoms with Crippen molar-refractivity contribution in [3.63, 3.8) is 0 Å². The molecule has 0 bridgehead atoms. The van der Waals surface area contributed by atoms with Gasteiger partial charge in [0.1, 0.15) is 11.1 Å². The van der Waals surface area contributed by atoms with E-state index in [4.69, 9.17) is 4.74 Å². The fourth-order valence-corrected chi connectivity index (χ4v) is 3.08. The van der Waals surface area contributed by atoms with Gasteiger partial charge in [-0.3, -0.25) is 9.59 Å². The minimum atomic E-state index is -0.813. The van der Waals surface area contributed by atoms with Gasteiger partial charge in [0.15, 0.2) is 0 Å². The van der Waals surface area contributed by atoms with Gasteiger partial charge < -0.3 is 15.0 Å². The van der Waals surface area contributed by atoms with E-state index < -0.39 is 11.1 Å². The van der Waals surface area contributed by atoms with Crippen LogP contribution < -0.4 is 5.32 Å². The van der Waals surface area contributed by atoms with Crippen molar-refractivity contribution in [3.05, 3.63) is 0 Å². The lowest BCUT2D eigenvalue weighted by atomic mass is 9.80. The molecule has 20 heavy (non-hydrogen) atoms. The molecule has 5 heteroatoms. The molecule has 1 aliphatic heterocycles. The van der Waals surface area contributed by atoms with Gasteiger partial charge in [0, 0.05) is 7.11 Å². The van der Waals surface area contributed by atoms with E-state index in [2.05, 4.69) is 5.32 Å². The zero-order valence-corrected chi connectivity index (χ0v) is 13.6. The van der Waals surface area contributed by atoms with Crippen molar-refractivity contribution in [2.45, 2.75) is 71.0 Å². The van der Waals surface area contributed by atoms with Crippen LogP contribution in [0.1, 0.15) is 53.9 Å². The van der Waals surface area contributed by atoms with Gasteiger partial charge in [-0.25, -0.2) is 0 Å². The van der Waals surface area contributed by atoms with E-state index in [-0.39, 0.29) is 17.9 Å². The van der Waals surface area contributed by atoms with Crippen molar-refractivity contribution in [2.75, 3.05) is 13.7 Å². The van der Waals surface area contributed by atoms with Crippen molar-refractivity contribution >= 4 is 11.8 Å². The summed E-state index contributed by atoms with van der Waals surface area (Å²) in [6, 6.07) is -0.121. The molecule has 2 amide bonds. The summed E-state index contributed by atoms with van der Waals surface area (Å²) < 4.78 is 5.20. The first-order valence-electron chi connectivity index (χ1n) is 7.48. The summed E-state index contributed by atoms with van der Waals surface area (Å²) in [7, 11) is 1.61. The maximum atomic E-state index is 12.9. The average Bonchev–Trinajstić information content (AvgIpc) is 2.42. The molecule has 0 aromatic heterocycles. The minimum absolute atomic E-state index is 0.00662. The Morgan fingerprint density at radius 2 is 1.75 bits per heavy atom. The van der Waals surface area contributed by atoms with E-state index in [9.17, 15) is 9.59 Å². The van der Waals surface area contributed by atoms with E-state index in [1.54, 1.807) is 18.9 Å². The molecule has 0 aromatic carbocycles. The van der Waals surface area contributed by atoms with Gasteiger partial charge >= 0.3 is 0 Å². The Labute approximate surface area is 122 Å². The van der Waals surface area contributed by atoms with Crippen LogP contribution in [0.25, 0.3) is 0 Å². The van der Waals surface area contributed by atoms with Crippen LogP contribution in [-0.2, 0) is 14.3 Å². The third-order valence-corrected chi connectivity index (χ3v) is 4.69. The van der Waals surface area contributed by atoms with Gasteiger partial charge in [0.2, 0.25) is 11.8 Å². The number of methoxy groups -OCH3 is 1. The van der Waals surface area contributed by atoms with Gasteiger partial charge in [-0.15, -0.1) is 0 Å². The van der Waals surface area contributed by atoms with Crippen LogP contribution in [0.5, 0.6) is 0 Å². The van der Waals surface area contributed by atoms with Crippen LogP contribution in [0.15, 0.2) is 0 Å². The molecule has 1 aliphatic rings. The van der Waals surface area contributed by atoms with Gasteiger partial charge in [-0.1, -0.05) is 20.8 Å². The molecule has 1 rings (SSSR count). The van der Waals surface area contributed by atoms with Crippen LogP contribution in [0, 0.1) is 0 Å². The number of hydrogen-bond donors (Lipinski definition) is 1. The lowest BCUT2D eigenvalue weighted by Crippen LogP contribution is -2.76. The second kappa shape index (κ2) is 6.12. The summed E-state index contributed by atoms with van der Waals surface area (Å²) in [4.78, 5) is 27.4. The van der Waals surface area contributed by atoms with E-state index in [0.29, 0.717) is 25.9 Å². The fraction of sp³-hybridized carbons (Fsp3) is 0.867. The molecule has 0 spiro atoms. The van der Waals surface area contributed by atoms with Crippen molar-refractivity contribution in [3.8, 4) is 0 Å². The number of hydrogen-bond acceptors (Lipinski definition) is 3. The normalized spacial score (nSPS) is 27.4. The second-order valence-corrected chi connectivity index (χ2v) is 5.86. The van der Waals surface area contributed by atoms with Crippen LogP contribution in [-0.4, -0.2) is 47.6 Å². The number of carbonyl (C=O) groups excluding carboxylic acids is 2. The molecule has 1 N–H and O–H groups in total. The Balaban J connectivity index is 3.31. The lowest BCUT2D eigenvalue weighted by Gasteiger charge is -2.53. The maximum absolute atomic E-state index is 12.9. The Kier molecular flexibility index (Phi) is 5.19. The van der Waals surface area contributed by atoms with Gasteiger partial charge in [-0.05, 0) is 33.1 Å². The molecule has 2 atom stereocenters. The highest BCUT2D eigenvalue weighted by molar-refractivity contribution is 6.02. The SMILES string of the molecule is CCC1(C)NC(=O)C(CC)(CC)N(C(C)COC)C1=O. The largest absolute Gasteiger partial charge is 0.383 e. The first-order chi connectivity index (χ1) is 9.32. The predicted octanol–water partition coefficient (Wildman–Crippen LogP) is 1.71. The summed E-state index contributed by atoms with van der Waals surface area (Å²) in [6.07, 6.45) is 1.79. The van der Waals surface area contributed by atoms with Crippen LogP contribution in [0.2, 0.25) is 0 Å². The molecule has 5 nitrogen and oxygen atoms in total. The summed E-state index contributed by atoms with van der Waals surface area (Å²) >= 11 is 0. The number of nitrogens with zero attached hydrogens (tertiary/aromatic N) is 1. The van der Waals surface area contributed by atoms with Crippen LogP contribution in [0.4, 0.5) is 0 Å². The number of ether oxygens (including phenoxy) is 1. The molecule has 2 unspecified atom stereocenters. The van der Waals surface area contributed by atoms with Crippen molar-refractivity contribution in [2.24, 2.45) is 0 Å². The predicted molar refractivity (Wildman–Crippen MR) is 78.3 cm³/mol. The summed E-state index contributed by atoms with van der Waals surface area (Å²) in [5, 5.41) is 2.94. The monoisotopic (exact) mass is 284 g/mol. The highest BCUT2D eigenvalue weighted by atomic mass is 16.5. The summed E-state index contributed by atoms with van der Waals surface area (Å²) in [5.41, 5.74) is -1.57. The third-order valence-electron chi connectivity index (χ3n) is 4.69. The smallest absolute Gasteiger partial charge is 0.249 e. The van der Waals surface area contributed by atoms with Gasteiger partial charge in [0.05, 0.1) is 12.6 Å². The highest BCUT2D eigenvalue weighted by Gasteiger charge is 2.55. The van der Waals surface area contributed by atoms with E-state index >= 15 is 0 Å². The minimum Gasteiger partial charge on any atom is -0.383 e. The molecule has 1 heterocycles. The Morgan fingerprint density at radius 1 is 1.20 bits per heavy atom. The topological polar surface area (TPSA) is 58.6 Å². The van der Waals surface area contributed by atoms with Crippen molar-refractivity contribution < 1.29 is 14.3 Å².